The van der Waals surface area contributed by atoms with E-state index in [4.69, 9.17) is 10.7 Å². The van der Waals surface area contributed by atoms with Gasteiger partial charge in [-0.15, -0.1) is 0 Å². The van der Waals surface area contributed by atoms with Crippen molar-refractivity contribution in [1.82, 2.24) is 9.97 Å². The Balaban J connectivity index is 2.00. The van der Waals surface area contributed by atoms with Crippen LogP contribution in [0.4, 0.5) is 5.69 Å². The number of nitrogens with one attached hydrogen (secondary N) is 1. The number of benzene rings is 1. The summed E-state index contributed by atoms with van der Waals surface area (Å²) < 4.78 is 0. The highest BCUT2D eigenvalue weighted by Crippen LogP contribution is 2.36. The molecule has 1 saturated carbocycles. The molecule has 110 valence electrons. The molecule has 1 aliphatic rings. The Kier molecular flexibility index (Phi) is 4.15. The van der Waals surface area contributed by atoms with E-state index in [2.05, 4.69) is 41.5 Å². The van der Waals surface area contributed by atoms with Crippen LogP contribution in [0.25, 0.3) is 11.3 Å². The average Bonchev–Trinajstić information content (AvgIpc) is 2.44. The molecule has 1 aliphatic carbocycles. The first-order chi connectivity index (χ1) is 10.3. The third kappa shape index (κ3) is 3.05. The molecule has 1 aromatic heterocycles. The van der Waals surface area contributed by atoms with Gasteiger partial charge < -0.3 is 11.1 Å². The van der Waals surface area contributed by atoms with Gasteiger partial charge in [-0.25, -0.2) is 9.97 Å². The number of aryl methyl sites for hydroxylation is 1. The Bertz CT molecular complexity index is 620. The lowest BCUT2D eigenvalue weighted by molar-refractivity contribution is 0.402. The molecular weight excluding hydrogens is 260 g/mol. The third-order valence-electron chi connectivity index (χ3n) is 4.03. The molecule has 4 heteroatoms. The predicted octanol–water partition coefficient (Wildman–Crippen LogP) is 3.09. The van der Waals surface area contributed by atoms with Gasteiger partial charge in [0.2, 0.25) is 0 Å². The average molecular weight is 282 g/mol. The van der Waals surface area contributed by atoms with Gasteiger partial charge in [-0.1, -0.05) is 30.2 Å². The predicted molar refractivity (Wildman–Crippen MR) is 86.3 cm³/mol. The normalized spacial score (nSPS) is 14.8. The number of rotatable bonds is 5. The molecule has 3 N–H and O–H groups in total. The molecule has 1 heterocycles. The fraction of sp³-hybridized carbons (Fsp3) is 0.412. The SMILES string of the molecule is Cc1cccc(-c2nc(C3CCC3)ncc2NCCN)c1. The molecule has 0 saturated heterocycles. The van der Waals surface area contributed by atoms with Crippen LogP contribution in [-0.2, 0) is 0 Å². The molecule has 0 unspecified atom stereocenters. The summed E-state index contributed by atoms with van der Waals surface area (Å²) in [4.78, 5) is 9.39. The van der Waals surface area contributed by atoms with Crippen molar-refractivity contribution in [2.24, 2.45) is 5.73 Å². The Hall–Kier alpha value is -1.94. The smallest absolute Gasteiger partial charge is 0.132 e. The summed E-state index contributed by atoms with van der Waals surface area (Å²) in [7, 11) is 0. The summed E-state index contributed by atoms with van der Waals surface area (Å²) >= 11 is 0. The van der Waals surface area contributed by atoms with Crippen LogP contribution in [0.2, 0.25) is 0 Å². The van der Waals surface area contributed by atoms with Gasteiger partial charge in [-0.3, -0.25) is 0 Å². The summed E-state index contributed by atoms with van der Waals surface area (Å²) in [5.41, 5.74) is 9.93. The van der Waals surface area contributed by atoms with E-state index < -0.39 is 0 Å². The van der Waals surface area contributed by atoms with E-state index in [1.54, 1.807) is 0 Å². The maximum absolute atomic E-state index is 5.59. The zero-order chi connectivity index (χ0) is 14.7. The largest absolute Gasteiger partial charge is 0.381 e. The van der Waals surface area contributed by atoms with E-state index >= 15 is 0 Å². The molecule has 1 fully saturated rings. The summed E-state index contributed by atoms with van der Waals surface area (Å²) in [5, 5.41) is 3.33. The Morgan fingerprint density at radius 1 is 1.33 bits per heavy atom. The van der Waals surface area contributed by atoms with Gasteiger partial charge in [-0.05, 0) is 25.8 Å². The van der Waals surface area contributed by atoms with Crippen LogP contribution < -0.4 is 11.1 Å². The van der Waals surface area contributed by atoms with E-state index in [0.717, 1.165) is 29.3 Å². The Morgan fingerprint density at radius 3 is 2.86 bits per heavy atom. The molecular formula is C17H22N4. The Labute approximate surface area is 125 Å². The van der Waals surface area contributed by atoms with Crippen molar-refractivity contribution >= 4 is 5.69 Å². The van der Waals surface area contributed by atoms with E-state index in [0.29, 0.717) is 12.5 Å². The molecule has 0 atom stereocenters. The maximum Gasteiger partial charge on any atom is 0.132 e. The van der Waals surface area contributed by atoms with Gasteiger partial charge in [-0.2, -0.15) is 0 Å². The zero-order valence-electron chi connectivity index (χ0n) is 12.5. The second-order valence-electron chi connectivity index (χ2n) is 5.70. The van der Waals surface area contributed by atoms with Crippen molar-refractivity contribution in [3.8, 4) is 11.3 Å². The van der Waals surface area contributed by atoms with E-state index in [1.165, 1.54) is 24.8 Å². The van der Waals surface area contributed by atoms with Crippen molar-refractivity contribution < 1.29 is 0 Å². The lowest BCUT2D eigenvalue weighted by Crippen LogP contribution is -2.16. The highest BCUT2D eigenvalue weighted by atomic mass is 15.0. The fourth-order valence-corrected chi connectivity index (χ4v) is 2.61. The van der Waals surface area contributed by atoms with Gasteiger partial charge in [0.15, 0.2) is 0 Å². The minimum Gasteiger partial charge on any atom is -0.381 e. The van der Waals surface area contributed by atoms with Gasteiger partial charge in [0.05, 0.1) is 17.6 Å². The lowest BCUT2D eigenvalue weighted by atomic mass is 9.85. The molecule has 4 nitrogen and oxygen atoms in total. The zero-order valence-corrected chi connectivity index (χ0v) is 12.5. The van der Waals surface area contributed by atoms with Crippen molar-refractivity contribution in [2.75, 3.05) is 18.4 Å². The molecule has 2 aromatic rings. The number of aromatic nitrogens is 2. The van der Waals surface area contributed by atoms with Crippen LogP contribution in [-0.4, -0.2) is 23.1 Å². The van der Waals surface area contributed by atoms with E-state index in [1.807, 2.05) is 6.20 Å². The summed E-state index contributed by atoms with van der Waals surface area (Å²) in [5.74, 6) is 1.52. The molecule has 0 aliphatic heterocycles. The number of hydrogen-bond acceptors (Lipinski definition) is 4. The molecule has 1 aromatic carbocycles. The highest BCUT2D eigenvalue weighted by molar-refractivity contribution is 5.74. The first kappa shape index (κ1) is 14.0. The van der Waals surface area contributed by atoms with Crippen molar-refractivity contribution in [1.29, 1.82) is 0 Å². The lowest BCUT2D eigenvalue weighted by Gasteiger charge is -2.24. The van der Waals surface area contributed by atoms with Crippen LogP contribution in [0.1, 0.15) is 36.6 Å². The fourth-order valence-electron chi connectivity index (χ4n) is 2.61. The van der Waals surface area contributed by atoms with Gasteiger partial charge in [0, 0.05) is 24.6 Å². The first-order valence-electron chi connectivity index (χ1n) is 7.66. The van der Waals surface area contributed by atoms with Crippen LogP contribution in [0.15, 0.2) is 30.5 Å². The van der Waals surface area contributed by atoms with Gasteiger partial charge >= 0.3 is 0 Å². The molecule has 0 radical (unpaired) electrons. The molecule has 0 bridgehead atoms. The number of anilines is 1. The third-order valence-corrected chi connectivity index (χ3v) is 4.03. The molecule has 0 spiro atoms. The number of nitrogens with zero attached hydrogens (tertiary/aromatic N) is 2. The number of hydrogen-bond donors (Lipinski definition) is 2. The minimum atomic E-state index is 0.539. The van der Waals surface area contributed by atoms with E-state index in [-0.39, 0.29) is 0 Å². The minimum absolute atomic E-state index is 0.539. The topological polar surface area (TPSA) is 63.8 Å². The van der Waals surface area contributed by atoms with Gasteiger partial charge in [0.25, 0.3) is 0 Å². The second kappa shape index (κ2) is 6.22. The molecule has 3 rings (SSSR count). The monoisotopic (exact) mass is 282 g/mol. The Morgan fingerprint density at radius 2 is 2.19 bits per heavy atom. The maximum atomic E-state index is 5.59. The second-order valence-corrected chi connectivity index (χ2v) is 5.70. The quantitative estimate of drug-likeness (QED) is 0.884. The molecule has 21 heavy (non-hydrogen) atoms. The van der Waals surface area contributed by atoms with Crippen molar-refractivity contribution in [3.05, 3.63) is 41.9 Å². The summed E-state index contributed by atoms with van der Waals surface area (Å²) in [6.45, 7) is 3.42. The van der Waals surface area contributed by atoms with Crippen LogP contribution in [0.3, 0.4) is 0 Å². The van der Waals surface area contributed by atoms with Crippen LogP contribution in [0.5, 0.6) is 0 Å². The van der Waals surface area contributed by atoms with E-state index in [9.17, 15) is 0 Å². The van der Waals surface area contributed by atoms with Crippen molar-refractivity contribution in [2.45, 2.75) is 32.1 Å². The van der Waals surface area contributed by atoms with Crippen LogP contribution in [0, 0.1) is 6.92 Å². The van der Waals surface area contributed by atoms with Gasteiger partial charge in [0.1, 0.15) is 5.82 Å². The van der Waals surface area contributed by atoms with Crippen molar-refractivity contribution in [3.63, 3.8) is 0 Å². The molecule has 0 amide bonds. The first-order valence-corrected chi connectivity index (χ1v) is 7.66. The van der Waals surface area contributed by atoms with Crippen LogP contribution >= 0.6 is 0 Å². The highest BCUT2D eigenvalue weighted by Gasteiger charge is 2.23. The standard InChI is InChI=1S/C17H22N4/c1-12-4-2-7-14(10-12)16-15(19-9-8-18)11-20-17(21-16)13-5-3-6-13/h2,4,7,10-11,13,19H,3,5-6,8-9,18H2,1H3. The summed E-state index contributed by atoms with van der Waals surface area (Å²) in [6.07, 6.45) is 5.63. The summed E-state index contributed by atoms with van der Waals surface area (Å²) in [6, 6.07) is 8.45. The number of nitrogens with two attached hydrogens (primary N) is 1.